The highest BCUT2D eigenvalue weighted by Gasteiger charge is 2.09. The Labute approximate surface area is 111 Å². The maximum absolute atomic E-state index is 6.19. The molecule has 0 aliphatic carbocycles. The molecule has 1 aromatic carbocycles. The summed E-state index contributed by atoms with van der Waals surface area (Å²) in [6.07, 6.45) is 0.990. The molecule has 3 heteroatoms. The molecule has 2 N–H and O–H groups in total. The SMILES string of the molecule is CC(C)SCC(N)Cc1csc2ccccc12. The van der Waals surface area contributed by atoms with Gasteiger partial charge >= 0.3 is 0 Å². The smallest absolute Gasteiger partial charge is 0.0345 e. The molecule has 0 fully saturated rings. The zero-order valence-electron chi connectivity index (χ0n) is 10.3. The van der Waals surface area contributed by atoms with Crippen molar-refractivity contribution in [3.63, 3.8) is 0 Å². The van der Waals surface area contributed by atoms with Gasteiger partial charge in [0.05, 0.1) is 0 Å². The van der Waals surface area contributed by atoms with E-state index in [9.17, 15) is 0 Å². The lowest BCUT2D eigenvalue weighted by molar-refractivity contribution is 0.752. The Morgan fingerprint density at radius 3 is 2.82 bits per heavy atom. The van der Waals surface area contributed by atoms with Gasteiger partial charge in [-0.05, 0) is 34.1 Å². The molecule has 17 heavy (non-hydrogen) atoms. The molecule has 0 aliphatic rings. The summed E-state index contributed by atoms with van der Waals surface area (Å²) in [5.41, 5.74) is 7.59. The van der Waals surface area contributed by atoms with Crippen molar-refractivity contribution >= 4 is 33.2 Å². The first-order valence-corrected chi connectivity index (χ1v) is 7.92. The van der Waals surface area contributed by atoms with Gasteiger partial charge in [-0.3, -0.25) is 0 Å². The Morgan fingerprint density at radius 1 is 1.29 bits per heavy atom. The van der Waals surface area contributed by atoms with Gasteiger partial charge < -0.3 is 5.73 Å². The average Bonchev–Trinajstić information content (AvgIpc) is 2.70. The van der Waals surface area contributed by atoms with Gasteiger partial charge in [-0.25, -0.2) is 0 Å². The Hall–Kier alpha value is -0.510. The van der Waals surface area contributed by atoms with Crippen LogP contribution in [0.5, 0.6) is 0 Å². The summed E-state index contributed by atoms with van der Waals surface area (Å²) in [6.45, 7) is 4.44. The molecule has 1 unspecified atom stereocenters. The van der Waals surface area contributed by atoms with Crippen molar-refractivity contribution in [3.8, 4) is 0 Å². The Balaban J connectivity index is 2.03. The third-order valence-electron chi connectivity index (χ3n) is 2.69. The molecule has 1 aromatic heterocycles. The van der Waals surface area contributed by atoms with Crippen LogP contribution in [0.1, 0.15) is 19.4 Å². The van der Waals surface area contributed by atoms with Gasteiger partial charge in [0.25, 0.3) is 0 Å². The second kappa shape index (κ2) is 5.89. The van der Waals surface area contributed by atoms with E-state index in [0.29, 0.717) is 5.25 Å². The zero-order valence-corrected chi connectivity index (χ0v) is 12.0. The van der Waals surface area contributed by atoms with E-state index >= 15 is 0 Å². The number of hydrogen-bond acceptors (Lipinski definition) is 3. The number of thiophene rings is 1. The Bertz CT molecular complexity index is 476. The number of thioether (sulfide) groups is 1. The number of benzene rings is 1. The van der Waals surface area contributed by atoms with Gasteiger partial charge in [-0.1, -0.05) is 32.0 Å². The zero-order chi connectivity index (χ0) is 12.3. The molecule has 0 amide bonds. The molecule has 1 atom stereocenters. The fourth-order valence-corrected chi connectivity index (χ4v) is 3.57. The minimum atomic E-state index is 0.264. The van der Waals surface area contributed by atoms with Crippen molar-refractivity contribution in [2.45, 2.75) is 31.6 Å². The van der Waals surface area contributed by atoms with Gasteiger partial charge in [0.1, 0.15) is 0 Å². The van der Waals surface area contributed by atoms with Crippen LogP contribution in [0.3, 0.4) is 0 Å². The Morgan fingerprint density at radius 2 is 2.06 bits per heavy atom. The molecule has 0 radical (unpaired) electrons. The topological polar surface area (TPSA) is 26.0 Å². The molecule has 92 valence electrons. The highest BCUT2D eigenvalue weighted by molar-refractivity contribution is 7.99. The van der Waals surface area contributed by atoms with E-state index in [1.165, 1.54) is 15.6 Å². The van der Waals surface area contributed by atoms with Crippen LogP contribution < -0.4 is 5.73 Å². The quantitative estimate of drug-likeness (QED) is 0.887. The fourth-order valence-electron chi connectivity index (χ4n) is 1.85. The molecule has 0 saturated carbocycles. The predicted molar refractivity (Wildman–Crippen MR) is 81.1 cm³/mol. The normalized spacial score (nSPS) is 13.4. The van der Waals surface area contributed by atoms with Crippen LogP contribution in [0.15, 0.2) is 29.6 Å². The van der Waals surface area contributed by atoms with Crippen molar-refractivity contribution in [3.05, 3.63) is 35.2 Å². The largest absolute Gasteiger partial charge is 0.327 e. The number of rotatable bonds is 5. The lowest BCUT2D eigenvalue weighted by Crippen LogP contribution is -2.26. The molecule has 0 spiro atoms. The van der Waals surface area contributed by atoms with Crippen molar-refractivity contribution < 1.29 is 0 Å². The van der Waals surface area contributed by atoms with E-state index in [1.54, 1.807) is 0 Å². The molecule has 1 nitrogen and oxygen atoms in total. The van der Waals surface area contributed by atoms with Crippen molar-refractivity contribution in [1.29, 1.82) is 0 Å². The van der Waals surface area contributed by atoms with Gasteiger partial charge in [0, 0.05) is 16.5 Å². The summed E-state index contributed by atoms with van der Waals surface area (Å²) >= 11 is 3.76. The third-order valence-corrected chi connectivity index (χ3v) is 4.99. The minimum Gasteiger partial charge on any atom is -0.327 e. The predicted octanol–water partition coefficient (Wildman–Crippen LogP) is 3.91. The minimum absolute atomic E-state index is 0.264. The van der Waals surface area contributed by atoms with E-state index in [-0.39, 0.29) is 6.04 Å². The highest BCUT2D eigenvalue weighted by Crippen LogP contribution is 2.26. The van der Waals surface area contributed by atoms with Gasteiger partial charge in [-0.15, -0.1) is 11.3 Å². The standard InChI is InChI=1S/C14H19NS2/c1-10(2)16-9-12(15)7-11-8-17-14-6-4-3-5-13(11)14/h3-6,8,10,12H,7,9,15H2,1-2H3. The van der Waals surface area contributed by atoms with E-state index in [2.05, 4.69) is 43.5 Å². The number of nitrogens with two attached hydrogens (primary N) is 1. The molecule has 2 aromatic rings. The van der Waals surface area contributed by atoms with Crippen LogP contribution in [-0.4, -0.2) is 17.0 Å². The summed E-state index contributed by atoms with van der Waals surface area (Å²) < 4.78 is 1.37. The molecule has 0 saturated heterocycles. The highest BCUT2D eigenvalue weighted by atomic mass is 32.2. The van der Waals surface area contributed by atoms with Crippen LogP contribution in [-0.2, 0) is 6.42 Å². The first kappa shape index (κ1) is 12.9. The van der Waals surface area contributed by atoms with Crippen molar-refractivity contribution in [2.24, 2.45) is 5.73 Å². The van der Waals surface area contributed by atoms with Crippen LogP contribution >= 0.6 is 23.1 Å². The maximum Gasteiger partial charge on any atom is 0.0345 e. The second-order valence-corrected chi connectivity index (χ2v) is 7.12. The van der Waals surface area contributed by atoms with Gasteiger partial charge in [-0.2, -0.15) is 11.8 Å². The first-order valence-electron chi connectivity index (χ1n) is 5.99. The summed E-state index contributed by atoms with van der Waals surface area (Å²) in [6, 6.07) is 8.84. The lowest BCUT2D eigenvalue weighted by Gasteiger charge is -2.12. The number of hydrogen-bond donors (Lipinski definition) is 1. The molecular formula is C14H19NS2. The van der Waals surface area contributed by atoms with Gasteiger partial charge in [0.15, 0.2) is 0 Å². The second-order valence-electron chi connectivity index (χ2n) is 4.60. The van der Waals surface area contributed by atoms with Crippen LogP contribution in [0.2, 0.25) is 0 Å². The van der Waals surface area contributed by atoms with Crippen molar-refractivity contribution in [2.75, 3.05) is 5.75 Å². The van der Waals surface area contributed by atoms with Crippen LogP contribution in [0.25, 0.3) is 10.1 Å². The molecular weight excluding hydrogens is 246 g/mol. The lowest BCUT2D eigenvalue weighted by atomic mass is 10.1. The summed E-state index contributed by atoms with van der Waals surface area (Å²) in [5.74, 6) is 1.04. The molecule has 0 aliphatic heterocycles. The number of fused-ring (bicyclic) bond motifs is 1. The third kappa shape index (κ3) is 3.47. The molecule has 0 bridgehead atoms. The van der Waals surface area contributed by atoms with E-state index in [1.807, 2.05) is 23.1 Å². The van der Waals surface area contributed by atoms with Crippen LogP contribution in [0.4, 0.5) is 0 Å². The summed E-state index contributed by atoms with van der Waals surface area (Å²) in [4.78, 5) is 0. The molecule has 2 rings (SSSR count). The van der Waals surface area contributed by atoms with E-state index in [4.69, 9.17) is 5.73 Å². The summed E-state index contributed by atoms with van der Waals surface area (Å²) in [7, 11) is 0. The van der Waals surface area contributed by atoms with Crippen LogP contribution in [0, 0.1) is 0 Å². The fraction of sp³-hybridized carbons (Fsp3) is 0.429. The average molecular weight is 265 g/mol. The van der Waals surface area contributed by atoms with Gasteiger partial charge in [0.2, 0.25) is 0 Å². The van der Waals surface area contributed by atoms with E-state index < -0.39 is 0 Å². The van der Waals surface area contributed by atoms with E-state index in [0.717, 1.165) is 12.2 Å². The van der Waals surface area contributed by atoms with Crippen molar-refractivity contribution in [1.82, 2.24) is 0 Å². The maximum atomic E-state index is 6.19. The summed E-state index contributed by atoms with van der Waals surface area (Å²) in [5, 5.41) is 4.30. The Kier molecular flexibility index (Phi) is 4.48. The first-order chi connectivity index (χ1) is 8.16. The monoisotopic (exact) mass is 265 g/mol. The molecule has 1 heterocycles.